The van der Waals surface area contributed by atoms with Gasteiger partial charge in [0.15, 0.2) is 12.4 Å². The monoisotopic (exact) mass is 410 g/mol. The van der Waals surface area contributed by atoms with Crippen LogP contribution in [0, 0.1) is 0 Å². The fraction of sp³-hybridized carbons (Fsp3) is 0.238. The summed E-state index contributed by atoms with van der Waals surface area (Å²) in [4.78, 5) is 44.7. The van der Waals surface area contributed by atoms with Gasteiger partial charge >= 0.3 is 6.03 Å². The molecule has 1 unspecified atom stereocenters. The van der Waals surface area contributed by atoms with Gasteiger partial charge in [0.25, 0.3) is 11.5 Å². The van der Waals surface area contributed by atoms with Gasteiger partial charge in [-0.3, -0.25) is 14.9 Å². The molecular formula is C21H24N5O4+. The number of carbonyl (C=O) groups is 2. The number of hydrogen-bond acceptors (Lipinski definition) is 5. The third-order valence-corrected chi connectivity index (χ3v) is 4.43. The third-order valence-electron chi connectivity index (χ3n) is 4.43. The van der Waals surface area contributed by atoms with Gasteiger partial charge in [-0.2, -0.15) is 0 Å². The van der Waals surface area contributed by atoms with Crippen molar-refractivity contribution in [3.8, 4) is 0 Å². The van der Waals surface area contributed by atoms with Crippen LogP contribution >= 0.6 is 0 Å². The Bertz CT molecular complexity index is 1070. The van der Waals surface area contributed by atoms with Crippen molar-refractivity contribution in [2.24, 2.45) is 0 Å². The normalized spacial score (nSPS) is 11.8. The van der Waals surface area contributed by atoms with Crippen LogP contribution in [0.4, 0.5) is 10.5 Å². The molecule has 0 aliphatic rings. The van der Waals surface area contributed by atoms with E-state index in [2.05, 4.69) is 20.6 Å². The van der Waals surface area contributed by atoms with Crippen LogP contribution in [0.15, 0.2) is 59.4 Å². The van der Waals surface area contributed by atoms with E-state index in [1.54, 1.807) is 49.6 Å². The summed E-state index contributed by atoms with van der Waals surface area (Å²) in [7, 11) is 1.57. The number of fused-ring (bicyclic) bond motifs is 1. The largest absolute Gasteiger partial charge is 0.379 e. The molecule has 0 bridgehead atoms. The van der Waals surface area contributed by atoms with Gasteiger partial charge in [0.1, 0.15) is 13.1 Å². The van der Waals surface area contributed by atoms with Crippen molar-refractivity contribution in [2.45, 2.75) is 6.54 Å². The van der Waals surface area contributed by atoms with Gasteiger partial charge in [0.05, 0.1) is 17.5 Å². The lowest BCUT2D eigenvalue weighted by Crippen LogP contribution is -3.12. The number of rotatable bonds is 8. The lowest BCUT2D eigenvalue weighted by Gasteiger charge is -2.18. The van der Waals surface area contributed by atoms with Crippen molar-refractivity contribution < 1.29 is 19.2 Å². The zero-order valence-electron chi connectivity index (χ0n) is 16.6. The summed E-state index contributed by atoms with van der Waals surface area (Å²) >= 11 is 0. The number of urea groups is 1. The minimum atomic E-state index is -0.602. The molecule has 156 valence electrons. The first kappa shape index (κ1) is 21.2. The van der Waals surface area contributed by atoms with Crippen LogP contribution in [0.5, 0.6) is 0 Å². The standard InChI is InChI=1S/C21H23N5O4/c1-30-12-11-26(13-18-23-17-10-6-5-9-16(17)20(28)24-18)14-19(27)25-21(29)22-15-7-3-2-4-8-15/h2-10H,11-14H2,1H3,(H,23,24,28)(H2,22,25,27,29)/p+1. The lowest BCUT2D eigenvalue weighted by atomic mass is 10.2. The van der Waals surface area contributed by atoms with E-state index in [0.29, 0.717) is 42.1 Å². The number of nitrogens with one attached hydrogen (secondary N) is 4. The van der Waals surface area contributed by atoms with Gasteiger partial charge < -0.3 is 19.9 Å². The molecule has 0 saturated carbocycles. The summed E-state index contributed by atoms with van der Waals surface area (Å²) in [5.41, 5.74) is 0.951. The average molecular weight is 410 g/mol. The summed E-state index contributed by atoms with van der Waals surface area (Å²) in [5.74, 6) is 0.0176. The molecule has 1 aromatic heterocycles. The number of amides is 3. The number of aromatic nitrogens is 2. The molecule has 2 aromatic carbocycles. The molecule has 0 fully saturated rings. The SMILES string of the molecule is COCC[NH+](CC(=O)NC(=O)Nc1ccccc1)Cc1nc2ccccc2c(=O)[nH]1. The van der Waals surface area contributed by atoms with E-state index in [9.17, 15) is 14.4 Å². The first-order valence-corrected chi connectivity index (χ1v) is 9.51. The highest BCUT2D eigenvalue weighted by atomic mass is 16.5. The second kappa shape index (κ2) is 10.3. The maximum atomic E-state index is 12.4. The maximum Gasteiger partial charge on any atom is 0.326 e. The summed E-state index contributed by atoms with van der Waals surface area (Å²) in [5, 5.41) is 5.43. The second-order valence-electron chi connectivity index (χ2n) is 6.74. The molecular weight excluding hydrogens is 386 g/mol. The summed E-state index contributed by atoms with van der Waals surface area (Å²) in [6, 6.07) is 15.3. The number of H-pyrrole nitrogens is 1. The molecule has 4 N–H and O–H groups in total. The Balaban J connectivity index is 1.64. The first-order chi connectivity index (χ1) is 14.5. The lowest BCUT2D eigenvalue weighted by molar-refractivity contribution is -0.906. The van der Waals surface area contributed by atoms with Crippen molar-refractivity contribution >= 4 is 28.5 Å². The number of quaternary nitrogens is 1. The van der Waals surface area contributed by atoms with Crippen molar-refractivity contribution in [1.29, 1.82) is 0 Å². The van der Waals surface area contributed by atoms with Crippen LogP contribution in [-0.2, 0) is 16.1 Å². The molecule has 3 aromatic rings. The minimum Gasteiger partial charge on any atom is -0.379 e. The zero-order chi connectivity index (χ0) is 21.3. The van der Waals surface area contributed by atoms with E-state index < -0.39 is 11.9 Å². The molecule has 3 amide bonds. The smallest absolute Gasteiger partial charge is 0.326 e. The maximum absolute atomic E-state index is 12.4. The van der Waals surface area contributed by atoms with E-state index >= 15 is 0 Å². The van der Waals surface area contributed by atoms with Gasteiger partial charge in [0, 0.05) is 12.8 Å². The number of imide groups is 1. The summed E-state index contributed by atoms with van der Waals surface area (Å²) < 4.78 is 5.12. The van der Waals surface area contributed by atoms with Gasteiger partial charge in [-0.1, -0.05) is 30.3 Å². The van der Waals surface area contributed by atoms with Crippen LogP contribution in [0.1, 0.15) is 5.82 Å². The van der Waals surface area contributed by atoms with Crippen LogP contribution in [0.25, 0.3) is 10.9 Å². The number of hydrogen-bond donors (Lipinski definition) is 4. The zero-order valence-corrected chi connectivity index (χ0v) is 16.6. The molecule has 30 heavy (non-hydrogen) atoms. The predicted molar refractivity (Wildman–Crippen MR) is 112 cm³/mol. The highest BCUT2D eigenvalue weighted by molar-refractivity contribution is 6.01. The molecule has 1 atom stereocenters. The van der Waals surface area contributed by atoms with Crippen molar-refractivity contribution in [2.75, 3.05) is 32.1 Å². The number of nitrogens with zero attached hydrogens (tertiary/aromatic N) is 1. The Labute approximate surface area is 173 Å². The van der Waals surface area contributed by atoms with Crippen molar-refractivity contribution in [3.05, 3.63) is 70.8 Å². The molecule has 0 aliphatic carbocycles. The first-order valence-electron chi connectivity index (χ1n) is 9.51. The molecule has 1 heterocycles. The van der Waals surface area contributed by atoms with Gasteiger partial charge in [-0.05, 0) is 24.3 Å². The second-order valence-corrected chi connectivity index (χ2v) is 6.74. The number of carbonyl (C=O) groups excluding carboxylic acids is 2. The van der Waals surface area contributed by atoms with E-state index in [1.807, 2.05) is 12.1 Å². The Hall–Kier alpha value is -3.56. The third kappa shape index (κ3) is 5.97. The highest BCUT2D eigenvalue weighted by Gasteiger charge is 2.18. The summed E-state index contributed by atoms with van der Waals surface area (Å²) in [6.07, 6.45) is 0. The predicted octanol–water partition coefficient (Wildman–Crippen LogP) is 0.303. The highest BCUT2D eigenvalue weighted by Crippen LogP contribution is 2.05. The quantitative estimate of drug-likeness (QED) is 0.426. The minimum absolute atomic E-state index is 0.0160. The van der Waals surface area contributed by atoms with E-state index in [0.717, 1.165) is 4.90 Å². The van der Waals surface area contributed by atoms with Crippen LogP contribution in [0.3, 0.4) is 0 Å². The number of methoxy groups -OCH3 is 1. The number of para-hydroxylation sites is 2. The topological polar surface area (TPSA) is 118 Å². The average Bonchev–Trinajstić information content (AvgIpc) is 2.72. The molecule has 0 radical (unpaired) electrons. The van der Waals surface area contributed by atoms with Crippen molar-refractivity contribution in [3.63, 3.8) is 0 Å². The summed E-state index contributed by atoms with van der Waals surface area (Å²) in [6.45, 7) is 1.23. The Morgan fingerprint density at radius 2 is 1.83 bits per heavy atom. The Morgan fingerprint density at radius 3 is 2.60 bits per heavy atom. The van der Waals surface area contributed by atoms with Crippen LogP contribution < -0.4 is 21.1 Å². The molecule has 0 saturated heterocycles. The molecule has 9 heteroatoms. The molecule has 0 aliphatic heterocycles. The van der Waals surface area contributed by atoms with Crippen LogP contribution in [-0.4, -0.2) is 48.7 Å². The number of anilines is 1. The van der Waals surface area contributed by atoms with Crippen LogP contribution in [0.2, 0.25) is 0 Å². The van der Waals surface area contributed by atoms with E-state index in [1.165, 1.54) is 0 Å². The Kier molecular flexibility index (Phi) is 7.25. The van der Waals surface area contributed by atoms with Crippen molar-refractivity contribution in [1.82, 2.24) is 15.3 Å². The molecule has 3 rings (SSSR count). The van der Waals surface area contributed by atoms with E-state index in [-0.39, 0.29) is 12.1 Å². The molecule has 9 nitrogen and oxygen atoms in total. The van der Waals surface area contributed by atoms with E-state index in [4.69, 9.17) is 4.74 Å². The fourth-order valence-corrected chi connectivity index (χ4v) is 3.02. The fourth-order valence-electron chi connectivity index (χ4n) is 3.02. The number of benzene rings is 2. The number of aromatic amines is 1. The van der Waals surface area contributed by atoms with Gasteiger partial charge in [-0.15, -0.1) is 0 Å². The number of ether oxygens (including phenoxy) is 1. The van der Waals surface area contributed by atoms with Gasteiger partial charge in [-0.25, -0.2) is 9.78 Å². The van der Waals surface area contributed by atoms with Gasteiger partial charge in [0.2, 0.25) is 0 Å². The molecule has 0 spiro atoms. The Morgan fingerprint density at radius 1 is 1.10 bits per heavy atom.